The Morgan fingerprint density at radius 2 is 0.907 bits per heavy atom. The van der Waals surface area contributed by atoms with Gasteiger partial charge in [0.15, 0.2) is 0 Å². The molecule has 11 aromatic rings. The monoisotopic (exact) mass is 703 g/mol. The molecule has 54 heavy (non-hydrogen) atoms. The molecule has 0 bridgehead atoms. The molecular formula is C52H33NS. The molecule has 0 aliphatic rings. The van der Waals surface area contributed by atoms with Gasteiger partial charge in [-0.2, -0.15) is 0 Å². The highest BCUT2D eigenvalue weighted by Gasteiger charge is 2.19. The molecule has 1 aromatic heterocycles. The lowest BCUT2D eigenvalue weighted by atomic mass is 9.91. The molecule has 0 unspecified atom stereocenters. The zero-order chi connectivity index (χ0) is 35.6. The van der Waals surface area contributed by atoms with Crippen molar-refractivity contribution >= 4 is 91.7 Å². The first-order valence-electron chi connectivity index (χ1n) is 18.5. The number of hydrogen-bond acceptors (Lipinski definition) is 2. The SMILES string of the molecule is c1ccc(-c2ccccc2N(c2cccc(-c3ccc4ccc5ccc6ccc7ccccc7c6c5c4c3)c2)c2ccc3c(c2)sc2ccccc23)cc1. The molecule has 0 fully saturated rings. The van der Waals surface area contributed by atoms with Crippen LogP contribution in [-0.2, 0) is 0 Å². The van der Waals surface area contributed by atoms with Gasteiger partial charge in [-0.15, -0.1) is 11.3 Å². The second-order valence-corrected chi connectivity index (χ2v) is 15.2. The number of nitrogens with zero attached hydrogens (tertiary/aromatic N) is 1. The van der Waals surface area contributed by atoms with E-state index in [0.717, 1.165) is 17.1 Å². The summed E-state index contributed by atoms with van der Waals surface area (Å²) < 4.78 is 2.60. The molecule has 0 amide bonds. The number of para-hydroxylation sites is 1. The van der Waals surface area contributed by atoms with Crippen molar-refractivity contribution in [2.75, 3.05) is 4.90 Å². The van der Waals surface area contributed by atoms with Crippen molar-refractivity contribution < 1.29 is 0 Å². The first-order valence-corrected chi connectivity index (χ1v) is 19.3. The molecule has 0 atom stereocenters. The smallest absolute Gasteiger partial charge is 0.0540 e. The number of benzene rings is 10. The maximum atomic E-state index is 2.44. The number of hydrogen-bond donors (Lipinski definition) is 0. The standard InChI is InChI=1S/C52H33NS/c1-2-11-34(12-3-1)43-16-6-8-19-48(43)53(42-29-30-46-45-18-7-9-20-49(45)54-50(46)33-42)41-15-10-14-39(31-41)40-28-23-36-22-25-38-27-26-37-24-21-35-13-4-5-17-44(35)51(37)52(38)47(36)32-40/h1-33H. The lowest BCUT2D eigenvalue weighted by Gasteiger charge is -2.28. The van der Waals surface area contributed by atoms with Crippen LogP contribution in [0.5, 0.6) is 0 Å². The minimum atomic E-state index is 1.12. The Balaban J connectivity index is 1.12. The molecule has 0 aliphatic heterocycles. The van der Waals surface area contributed by atoms with E-state index in [1.165, 1.54) is 85.5 Å². The van der Waals surface area contributed by atoms with Crippen LogP contribution in [0.4, 0.5) is 17.1 Å². The average Bonchev–Trinajstić information content (AvgIpc) is 3.62. The van der Waals surface area contributed by atoms with Gasteiger partial charge < -0.3 is 4.90 Å². The maximum Gasteiger partial charge on any atom is 0.0540 e. The van der Waals surface area contributed by atoms with E-state index >= 15 is 0 Å². The van der Waals surface area contributed by atoms with E-state index in [1.807, 2.05) is 11.3 Å². The molecule has 0 radical (unpaired) electrons. The number of fused-ring (bicyclic) bond motifs is 10. The lowest BCUT2D eigenvalue weighted by Crippen LogP contribution is -2.11. The number of rotatable bonds is 5. The van der Waals surface area contributed by atoms with Crippen molar-refractivity contribution in [3.63, 3.8) is 0 Å². The molecule has 252 valence electrons. The van der Waals surface area contributed by atoms with Crippen LogP contribution in [0.15, 0.2) is 200 Å². The minimum absolute atomic E-state index is 1.12. The highest BCUT2D eigenvalue weighted by Crippen LogP contribution is 2.45. The van der Waals surface area contributed by atoms with E-state index in [-0.39, 0.29) is 0 Å². The normalized spacial score (nSPS) is 11.7. The summed E-state index contributed by atoms with van der Waals surface area (Å²) in [6.45, 7) is 0. The van der Waals surface area contributed by atoms with E-state index in [4.69, 9.17) is 0 Å². The Hall–Kier alpha value is -6.74. The van der Waals surface area contributed by atoms with Crippen LogP contribution in [0.2, 0.25) is 0 Å². The minimum Gasteiger partial charge on any atom is -0.310 e. The first-order chi connectivity index (χ1) is 26.8. The van der Waals surface area contributed by atoms with Gasteiger partial charge in [0.05, 0.1) is 5.69 Å². The summed E-state index contributed by atoms with van der Waals surface area (Å²) in [5, 5.41) is 12.9. The molecule has 11 rings (SSSR count). The van der Waals surface area contributed by atoms with E-state index in [9.17, 15) is 0 Å². The summed E-state index contributed by atoms with van der Waals surface area (Å²) in [5.41, 5.74) is 8.16. The Kier molecular flexibility index (Phi) is 7.11. The summed E-state index contributed by atoms with van der Waals surface area (Å²) in [7, 11) is 0. The second-order valence-electron chi connectivity index (χ2n) is 14.1. The molecule has 1 nitrogen and oxygen atoms in total. The Labute approximate surface area is 317 Å². The quantitative estimate of drug-likeness (QED) is 0.161. The summed E-state index contributed by atoms with van der Waals surface area (Å²) in [4.78, 5) is 2.44. The fourth-order valence-corrected chi connectivity index (χ4v) is 9.59. The van der Waals surface area contributed by atoms with Crippen LogP contribution < -0.4 is 4.90 Å². The van der Waals surface area contributed by atoms with Crippen LogP contribution in [0, 0.1) is 0 Å². The van der Waals surface area contributed by atoms with Gasteiger partial charge in [-0.05, 0) is 102 Å². The summed E-state index contributed by atoms with van der Waals surface area (Å²) in [6.07, 6.45) is 0. The van der Waals surface area contributed by atoms with Crippen LogP contribution in [-0.4, -0.2) is 0 Å². The highest BCUT2D eigenvalue weighted by atomic mass is 32.1. The molecule has 0 spiro atoms. The van der Waals surface area contributed by atoms with Crippen LogP contribution in [0.3, 0.4) is 0 Å². The van der Waals surface area contributed by atoms with Crippen LogP contribution in [0.25, 0.3) is 85.5 Å². The van der Waals surface area contributed by atoms with Crippen molar-refractivity contribution in [2.45, 2.75) is 0 Å². The third-order valence-corrected chi connectivity index (χ3v) is 12.1. The molecule has 2 heteroatoms. The Morgan fingerprint density at radius 1 is 0.315 bits per heavy atom. The van der Waals surface area contributed by atoms with Crippen molar-refractivity contribution in [3.05, 3.63) is 200 Å². The Bertz CT molecular complexity index is 3220. The molecule has 10 aromatic carbocycles. The summed E-state index contributed by atoms with van der Waals surface area (Å²) in [5.74, 6) is 0. The van der Waals surface area contributed by atoms with Gasteiger partial charge in [-0.1, -0.05) is 158 Å². The predicted molar refractivity (Wildman–Crippen MR) is 235 cm³/mol. The third kappa shape index (κ3) is 4.99. The largest absolute Gasteiger partial charge is 0.310 e. The van der Waals surface area contributed by atoms with Gasteiger partial charge in [-0.3, -0.25) is 0 Å². The average molecular weight is 704 g/mol. The zero-order valence-electron chi connectivity index (χ0n) is 29.4. The molecule has 0 saturated carbocycles. The van der Waals surface area contributed by atoms with Crippen molar-refractivity contribution in [3.8, 4) is 22.3 Å². The highest BCUT2D eigenvalue weighted by molar-refractivity contribution is 7.25. The van der Waals surface area contributed by atoms with Gasteiger partial charge in [0.1, 0.15) is 0 Å². The topological polar surface area (TPSA) is 3.24 Å². The zero-order valence-corrected chi connectivity index (χ0v) is 30.2. The van der Waals surface area contributed by atoms with Gasteiger partial charge in [0.25, 0.3) is 0 Å². The maximum absolute atomic E-state index is 2.44. The van der Waals surface area contributed by atoms with Crippen LogP contribution in [0.1, 0.15) is 0 Å². The first kappa shape index (κ1) is 30.8. The molecule has 0 aliphatic carbocycles. The fraction of sp³-hybridized carbons (Fsp3) is 0. The summed E-state index contributed by atoms with van der Waals surface area (Å²) >= 11 is 1.86. The van der Waals surface area contributed by atoms with Gasteiger partial charge in [0.2, 0.25) is 0 Å². The second kappa shape index (κ2) is 12.4. The third-order valence-electron chi connectivity index (χ3n) is 11.0. The van der Waals surface area contributed by atoms with Crippen molar-refractivity contribution in [1.29, 1.82) is 0 Å². The van der Waals surface area contributed by atoms with Gasteiger partial charge in [0, 0.05) is 37.1 Å². The number of anilines is 3. The fourth-order valence-electron chi connectivity index (χ4n) is 8.46. The predicted octanol–water partition coefficient (Wildman–Crippen LogP) is 15.5. The molecule has 1 heterocycles. The lowest BCUT2D eigenvalue weighted by molar-refractivity contribution is 1.29. The van der Waals surface area contributed by atoms with E-state index in [2.05, 4.69) is 205 Å². The van der Waals surface area contributed by atoms with Gasteiger partial charge >= 0.3 is 0 Å². The molecule has 0 saturated heterocycles. The van der Waals surface area contributed by atoms with E-state index in [1.54, 1.807) is 0 Å². The van der Waals surface area contributed by atoms with Crippen molar-refractivity contribution in [1.82, 2.24) is 0 Å². The van der Waals surface area contributed by atoms with Crippen LogP contribution >= 0.6 is 11.3 Å². The molecular weight excluding hydrogens is 671 g/mol. The van der Waals surface area contributed by atoms with E-state index < -0.39 is 0 Å². The summed E-state index contributed by atoms with van der Waals surface area (Å²) in [6, 6.07) is 73.6. The number of thiophene rings is 1. The van der Waals surface area contributed by atoms with Crippen molar-refractivity contribution in [2.24, 2.45) is 0 Å². The Morgan fingerprint density at radius 3 is 1.76 bits per heavy atom. The van der Waals surface area contributed by atoms with Gasteiger partial charge in [-0.25, -0.2) is 0 Å². The molecule has 0 N–H and O–H groups in total. The van der Waals surface area contributed by atoms with E-state index in [0.29, 0.717) is 0 Å².